The molecule has 1 N–H and O–H groups in total. The van der Waals surface area contributed by atoms with E-state index in [1.54, 1.807) is 6.20 Å². The fourth-order valence-electron chi connectivity index (χ4n) is 1.67. The summed E-state index contributed by atoms with van der Waals surface area (Å²) in [5.41, 5.74) is 4.10. The van der Waals surface area contributed by atoms with E-state index in [4.69, 9.17) is 0 Å². The molecule has 0 fully saturated rings. The molecule has 88 valence electrons. The molecule has 17 heavy (non-hydrogen) atoms. The van der Waals surface area contributed by atoms with Crippen molar-refractivity contribution in [3.63, 3.8) is 0 Å². The van der Waals surface area contributed by atoms with Crippen molar-refractivity contribution in [2.24, 2.45) is 0 Å². The van der Waals surface area contributed by atoms with Crippen molar-refractivity contribution >= 4 is 5.95 Å². The number of anilines is 1. The second-order valence-corrected chi connectivity index (χ2v) is 3.94. The van der Waals surface area contributed by atoms with Gasteiger partial charge in [0.2, 0.25) is 5.95 Å². The second kappa shape index (κ2) is 4.91. The van der Waals surface area contributed by atoms with Gasteiger partial charge in [0, 0.05) is 30.2 Å². The smallest absolute Gasteiger partial charge is 0.223 e. The summed E-state index contributed by atoms with van der Waals surface area (Å²) in [6, 6.07) is 4.00. The van der Waals surface area contributed by atoms with Gasteiger partial charge in [0.25, 0.3) is 0 Å². The monoisotopic (exact) mass is 228 g/mol. The lowest BCUT2D eigenvalue weighted by atomic mass is 10.1. The SMILES string of the molecule is CCNc1ncc(C)c(-c2ccnc(C)c2)n1. The molecule has 4 heteroatoms. The number of nitrogens with zero attached hydrogens (tertiary/aromatic N) is 3. The molecular formula is C13H16N4. The summed E-state index contributed by atoms with van der Waals surface area (Å²) >= 11 is 0. The Bertz CT molecular complexity index is 523. The third-order valence-corrected chi connectivity index (χ3v) is 2.48. The minimum Gasteiger partial charge on any atom is -0.354 e. The maximum Gasteiger partial charge on any atom is 0.223 e. The van der Waals surface area contributed by atoms with E-state index < -0.39 is 0 Å². The lowest BCUT2D eigenvalue weighted by molar-refractivity contribution is 1.07. The van der Waals surface area contributed by atoms with Crippen molar-refractivity contribution in [3.8, 4) is 11.3 Å². The number of pyridine rings is 1. The number of nitrogens with one attached hydrogen (secondary N) is 1. The topological polar surface area (TPSA) is 50.7 Å². The van der Waals surface area contributed by atoms with Crippen LogP contribution in [0.2, 0.25) is 0 Å². The van der Waals surface area contributed by atoms with Crippen LogP contribution in [0, 0.1) is 13.8 Å². The molecule has 0 atom stereocenters. The Hall–Kier alpha value is -1.97. The van der Waals surface area contributed by atoms with Gasteiger partial charge < -0.3 is 5.32 Å². The zero-order valence-electron chi connectivity index (χ0n) is 10.4. The van der Waals surface area contributed by atoms with Crippen molar-refractivity contribution in [2.45, 2.75) is 20.8 Å². The average Bonchev–Trinajstić information content (AvgIpc) is 2.32. The Morgan fingerprint density at radius 1 is 1.24 bits per heavy atom. The van der Waals surface area contributed by atoms with Gasteiger partial charge in [-0.2, -0.15) is 0 Å². The Morgan fingerprint density at radius 3 is 2.76 bits per heavy atom. The average molecular weight is 228 g/mol. The number of aryl methyl sites for hydroxylation is 2. The zero-order chi connectivity index (χ0) is 12.3. The van der Waals surface area contributed by atoms with E-state index in [0.29, 0.717) is 5.95 Å². The molecule has 0 aliphatic rings. The van der Waals surface area contributed by atoms with Crippen molar-refractivity contribution in [1.82, 2.24) is 15.0 Å². The molecule has 0 amide bonds. The number of hydrogen-bond acceptors (Lipinski definition) is 4. The first-order chi connectivity index (χ1) is 8.20. The molecule has 2 rings (SSSR count). The van der Waals surface area contributed by atoms with Crippen LogP contribution in [0.5, 0.6) is 0 Å². The first-order valence-corrected chi connectivity index (χ1v) is 5.71. The third-order valence-electron chi connectivity index (χ3n) is 2.48. The summed E-state index contributed by atoms with van der Waals surface area (Å²) in [7, 11) is 0. The zero-order valence-corrected chi connectivity index (χ0v) is 10.4. The van der Waals surface area contributed by atoms with Gasteiger partial charge in [-0.25, -0.2) is 9.97 Å². The van der Waals surface area contributed by atoms with Gasteiger partial charge in [0.05, 0.1) is 5.69 Å². The van der Waals surface area contributed by atoms with E-state index in [-0.39, 0.29) is 0 Å². The van der Waals surface area contributed by atoms with Crippen LogP contribution in [0.4, 0.5) is 5.95 Å². The normalized spacial score (nSPS) is 10.3. The van der Waals surface area contributed by atoms with Crippen molar-refractivity contribution in [3.05, 3.63) is 35.8 Å². The fourth-order valence-corrected chi connectivity index (χ4v) is 1.67. The van der Waals surface area contributed by atoms with E-state index in [1.165, 1.54) is 0 Å². The number of rotatable bonds is 3. The maximum absolute atomic E-state index is 4.52. The molecule has 0 aromatic carbocycles. The quantitative estimate of drug-likeness (QED) is 0.877. The van der Waals surface area contributed by atoms with Crippen LogP contribution in [-0.4, -0.2) is 21.5 Å². The van der Waals surface area contributed by atoms with E-state index in [9.17, 15) is 0 Å². The molecule has 2 aromatic heterocycles. The van der Waals surface area contributed by atoms with E-state index >= 15 is 0 Å². The van der Waals surface area contributed by atoms with Gasteiger partial charge in [-0.1, -0.05) is 0 Å². The minimum absolute atomic E-state index is 0.669. The van der Waals surface area contributed by atoms with E-state index in [0.717, 1.165) is 29.1 Å². The highest BCUT2D eigenvalue weighted by Crippen LogP contribution is 2.21. The highest BCUT2D eigenvalue weighted by molar-refractivity contribution is 5.63. The third kappa shape index (κ3) is 2.58. The fraction of sp³-hybridized carbons (Fsp3) is 0.308. The molecule has 2 heterocycles. The molecule has 0 spiro atoms. The second-order valence-electron chi connectivity index (χ2n) is 3.94. The van der Waals surface area contributed by atoms with Crippen molar-refractivity contribution in [1.29, 1.82) is 0 Å². The van der Waals surface area contributed by atoms with Gasteiger partial charge in [0.15, 0.2) is 0 Å². The summed E-state index contributed by atoms with van der Waals surface area (Å²) in [5, 5.41) is 3.12. The number of hydrogen-bond donors (Lipinski definition) is 1. The Kier molecular flexibility index (Phi) is 3.32. The van der Waals surface area contributed by atoms with Gasteiger partial charge in [0.1, 0.15) is 0 Å². The van der Waals surface area contributed by atoms with Crippen molar-refractivity contribution in [2.75, 3.05) is 11.9 Å². The molecule has 4 nitrogen and oxygen atoms in total. The van der Waals surface area contributed by atoms with Gasteiger partial charge >= 0.3 is 0 Å². The van der Waals surface area contributed by atoms with Crippen LogP contribution in [0.3, 0.4) is 0 Å². The first-order valence-electron chi connectivity index (χ1n) is 5.71. The standard InChI is InChI=1S/C13H16N4/c1-4-14-13-16-8-9(2)12(17-13)11-5-6-15-10(3)7-11/h5-8H,4H2,1-3H3,(H,14,16,17). The molecule has 0 bridgehead atoms. The van der Waals surface area contributed by atoms with Crippen LogP contribution in [-0.2, 0) is 0 Å². The van der Waals surface area contributed by atoms with Gasteiger partial charge in [-0.15, -0.1) is 0 Å². The van der Waals surface area contributed by atoms with Crippen LogP contribution >= 0.6 is 0 Å². The maximum atomic E-state index is 4.52. The Labute approximate surface area is 101 Å². The van der Waals surface area contributed by atoms with E-state index in [2.05, 4.69) is 20.3 Å². The van der Waals surface area contributed by atoms with Crippen molar-refractivity contribution < 1.29 is 0 Å². The lowest BCUT2D eigenvalue weighted by Gasteiger charge is -2.08. The molecule has 0 radical (unpaired) electrons. The largest absolute Gasteiger partial charge is 0.354 e. The molecule has 2 aromatic rings. The Morgan fingerprint density at radius 2 is 2.06 bits per heavy atom. The molecule has 0 unspecified atom stereocenters. The van der Waals surface area contributed by atoms with Crippen LogP contribution in [0.15, 0.2) is 24.5 Å². The molecule has 0 saturated heterocycles. The lowest BCUT2D eigenvalue weighted by Crippen LogP contribution is -2.03. The summed E-state index contributed by atoms with van der Waals surface area (Å²) in [5.74, 6) is 0.669. The van der Waals surface area contributed by atoms with Crippen LogP contribution in [0.1, 0.15) is 18.2 Å². The van der Waals surface area contributed by atoms with Gasteiger partial charge in [-0.3, -0.25) is 4.98 Å². The minimum atomic E-state index is 0.669. The molecular weight excluding hydrogens is 212 g/mol. The summed E-state index contributed by atoms with van der Waals surface area (Å²) in [4.78, 5) is 13.0. The molecule has 0 aliphatic carbocycles. The summed E-state index contributed by atoms with van der Waals surface area (Å²) in [6.07, 6.45) is 3.65. The summed E-state index contributed by atoms with van der Waals surface area (Å²) in [6.45, 7) is 6.84. The van der Waals surface area contributed by atoms with E-state index in [1.807, 2.05) is 39.1 Å². The van der Waals surface area contributed by atoms with Gasteiger partial charge in [-0.05, 0) is 38.5 Å². The molecule has 0 aliphatic heterocycles. The summed E-state index contributed by atoms with van der Waals surface area (Å²) < 4.78 is 0. The first kappa shape index (κ1) is 11.5. The van der Waals surface area contributed by atoms with Crippen LogP contribution < -0.4 is 5.32 Å². The van der Waals surface area contributed by atoms with Crippen LogP contribution in [0.25, 0.3) is 11.3 Å². The molecule has 0 saturated carbocycles. The Balaban J connectivity index is 2.46. The number of aromatic nitrogens is 3. The predicted molar refractivity (Wildman–Crippen MR) is 68.9 cm³/mol. The predicted octanol–water partition coefficient (Wildman–Crippen LogP) is 2.59. The highest BCUT2D eigenvalue weighted by atomic mass is 15.1. The highest BCUT2D eigenvalue weighted by Gasteiger charge is 2.06.